The zero-order valence-corrected chi connectivity index (χ0v) is 18.0. The van der Waals surface area contributed by atoms with Crippen LogP contribution in [0.5, 0.6) is 0 Å². The molecular weight excluding hydrogens is 410 g/mol. The number of aromatic nitrogens is 2. The van der Waals surface area contributed by atoms with Crippen LogP contribution in [0.25, 0.3) is 10.2 Å². The van der Waals surface area contributed by atoms with Crippen molar-refractivity contribution in [1.29, 1.82) is 0 Å². The van der Waals surface area contributed by atoms with Crippen LogP contribution in [0, 0.1) is 10.7 Å². The second kappa shape index (κ2) is 6.93. The molecule has 3 heterocycles. The fourth-order valence-electron chi connectivity index (χ4n) is 4.37. The van der Waals surface area contributed by atoms with Crippen molar-refractivity contribution in [3.63, 3.8) is 0 Å². The Morgan fingerprint density at radius 2 is 2.07 bits per heavy atom. The van der Waals surface area contributed by atoms with Crippen molar-refractivity contribution >= 4 is 51.0 Å². The summed E-state index contributed by atoms with van der Waals surface area (Å²) in [5.41, 5.74) is 5.50. The average Bonchev–Trinajstić information content (AvgIpc) is 3.25. The van der Waals surface area contributed by atoms with Crippen molar-refractivity contribution in [2.24, 2.45) is 5.92 Å². The minimum absolute atomic E-state index is 0.218. The number of thiophene rings is 2. The van der Waals surface area contributed by atoms with Crippen LogP contribution >= 0.6 is 34.9 Å². The molecule has 0 radical (unpaired) electrons. The van der Waals surface area contributed by atoms with Gasteiger partial charge in [-0.15, -0.1) is 22.7 Å². The second-order valence-corrected chi connectivity index (χ2v) is 10.3. The fraction of sp³-hybridized carbons (Fsp3) is 0.450. The highest BCUT2D eigenvalue weighted by atomic mass is 32.1. The first kappa shape index (κ1) is 18.3. The molecule has 28 heavy (non-hydrogen) atoms. The van der Waals surface area contributed by atoms with Crippen molar-refractivity contribution in [1.82, 2.24) is 9.66 Å². The fourth-order valence-corrected chi connectivity index (χ4v) is 7.19. The van der Waals surface area contributed by atoms with E-state index in [1.165, 1.54) is 14.4 Å². The third-order valence-electron chi connectivity index (χ3n) is 5.87. The largest absolute Gasteiger partial charge is 0.322 e. The molecule has 0 fully saturated rings. The summed E-state index contributed by atoms with van der Waals surface area (Å²) in [6.45, 7) is 2.25. The first-order chi connectivity index (χ1) is 13.5. The molecule has 146 valence electrons. The smallest absolute Gasteiger partial charge is 0.282 e. The van der Waals surface area contributed by atoms with Gasteiger partial charge in [-0.1, -0.05) is 6.92 Å². The molecule has 3 aromatic rings. The molecular formula is C20H21N3O2S3. The maximum absolute atomic E-state index is 13.2. The Balaban J connectivity index is 1.54. The molecule has 1 atom stereocenters. The second-order valence-electron chi connectivity index (χ2n) is 7.83. The van der Waals surface area contributed by atoms with Gasteiger partial charge in [0.05, 0.1) is 10.9 Å². The normalized spacial score (nSPS) is 18.7. The molecule has 3 aromatic heterocycles. The molecule has 8 heteroatoms. The topological polar surface area (TPSA) is 66.9 Å². The SMILES string of the molecule is C[C@H]1CCc2c(C(=O)Nn3c(=S)[nH]c4sc5c(c4c3=O)CCCC5)csc2C1. The molecule has 5 rings (SSSR count). The van der Waals surface area contributed by atoms with E-state index in [2.05, 4.69) is 17.3 Å². The van der Waals surface area contributed by atoms with Gasteiger partial charge in [0.25, 0.3) is 11.5 Å². The van der Waals surface area contributed by atoms with Crippen molar-refractivity contribution in [3.8, 4) is 0 Å². The quantitative estimate of drug-likeness (QED) is 0.584. The highest BCUT2D eigenvalue weighted by Crippen LogP contribution is 2.34. The molecule has 1 amide bonds. The number of nitrogens with one attached hydrogen (secondary N) is 2. The van der Waals surface area contributed by atoms with Crippen molar-refractivity contribution < 1.29 is 4.79 Å². The summed E-state index contributed by atoms with van der Waals surface area (Å²) in [4.78, 5) is 32.7. The molecule has 0 unspecified atom stereocenters. The molecule has 0 bridgehead atoms. The van der Waals surface area contributed by atoms with E-state index >= 15 is 0 Å². The van der Waals surface area contributed by atoms with Crippen molar-refractivity contribution in [2.45, 2.75) is 51.9 Å². The Morgan fingerprint density at radius 1 is 1.25 bits per heavy atom. The van der Waals surface area contributed by atoms with E-state index in [9.17, 15) is 9.59 Å². The predicted molar refractivity (Wildman–Crippen MR) is 117 cm³/mol. The summed E-state index contributed by atoms with van der Waals surface area (Å²) < 4.78 is 1.46. The molecule has 5 nitrogen and oxygen atoms in total. The van der Waals surface area contributed by atoms with Crippen LogP contribution in [-0.4, -0.2) is 15.6 Å². The van der Waals surface area contributed by atoms with Crippen LogP contribution in [0.2, 0.25) is 0 Å². The Labute approximate surface area is 175 Å². The number of fused-ring (bicyclic) bond motifs is 4. The Kier molecular flexibility index (Phi) is 4.52. The van der Waals surface area contributed by atoms with E-state index in [0.717, 1.165) is 60.9 Å². The lowest BCUT2D eigenvalue weighted by atomic mass is 9.88. The summed E-state index contributed by atoms with van der Waals surface area (Å²) >= 11 is 8.66. The predicted octanol–water partition coefficient (Wildman–Crippen LogP) is 4.57. The number of hydrogen-bond donors (Lipinski definition) is 2. The van der Waals surface area contributed by atoms with Crippen LogP contribution in [0.4, 0.5) is 0 Å². The van der Waals surface area contributed by atoms with Gasteiger partial charge < -0.3 is 4.98 Å². The number of hydrogen-bond acceptors (Lipinski definition) is 5. The lowest BCUT2D eigenvalue weighted by Gasteiger charge is -2.19. The van der Waals surface area contributed by atoms with Gasteiger partial charge >= 0.3 is 0 Å². The van der Waals surface area contributed by atoms with Gasteiger partial charge in [-0.05, 0) is 74.2 Å². The summed E-state index contributed by atoms with van der Waals surface area (Å²) in [6, 6.07) is 0. The maximum Gasteiger partial charge on any atom is 0.282 e. The van der Waals surface area contributed by atoms with E-state index in [4.69, 9.17) is 12.2 Å². The van der Waals surface area contributed by atoms with E-state index < -0.39 is 0 Å². The third kappa shape index (κ3) is 2.89. The lowest BCUT2D eigenvalue weighted by molar-refractivity contribution is 0.101. The van der Waals surface area contributed by atoms with Gasteiger partial charge in [0.1, 0.15) is 4.83 Å². The standard InChI is InChI=1S/C20H21N3O2S3/c1-10-6-7-11-13(9-27-15(11)8-10)17(24)22-23-19(25)16-12-4-2-3-5-14(12)28-18(16)21-20(23)26/h9-10H,2-8H2,1H3,(H,21,26)(H,22,24)/t10-/m0/s1. The Bertz CT molecular complexity index is 1210. The highest BCUT2D eigenvalue weighted by Gasteiger charge is 2.25. The number of amides is 1. The molecule has 0 saturated heterocycles. The number of carbonyl (C=O) groups is 1. The first-order valence-corrected chi connectivity index (χ1v) is 11.8. The summed E-state index contributed by atoms with van der Waals surface area (Å²) in [5.74, 6) is 0.405. The number of aryl methyl sites for hydroxylation is 2. The van der Waals surface area contributed by atoms with Crippen LogP contribution in [0.3, 0.4) is 0 Å². The Hall–Kier alpha value is -1.77. The summed E-state index contributed by atoms with van der Waals surface area (Å²) in [5, 5.41) is 2.61. The monoisotopic (exact) mass is 431 g/mol. The van der Waals surface area contributed by atoms with E-state index in [-0.39, 0.29) is 16.2 Å². The highest BCUT2D eigenvalue weighted by molar-refractivity contribution is 7.71. The van der Waals surface area contributed by atoms with Gasteiger partial charge in [-0.3, -0.25) is 15.0 Å². The summed E-state index contributed by atoms with van der Waals surface area (Å²) in [7, 11) is 0. The van der Waals surface area contributed by atoms with Crippen LogP contribution in [0.1, 0.15) is 57.4 Å². The van der Waals surface area contributed by atoms with Crippen LogP contribution in [-0.2, 0) is 25.7 Å². The molecule has 2 aliphatic carbocycles. The van der Waals surface area contributed by atoms with Gasteiger partial charge in [0.15, 0.2) is 0 Å². The van der Waals surface area contributed by atoms with Gasteiger partial charge in [-0.25, -0.2) is 0 Å². The molecule has 0 aromatic carbocycles. The Morgan fingerprint density at radius 3 is 2.93 bits per heavy atom. The molecule has 2 N–H and O–H groups in total. The molecule has 0 saturated carbocycles. The van der Waals surface area contributed by atoms with E-state index in [0.29, 0.717) is 16.9 Å². The average molecular weight is 432 g/mol. The summed E-state index contributed by atoms with van der Waals surface area (Å²) in [6.07, 6.45) is 7.23. The molecule has 0 aliphatic heterocycles. The third-order valence-corrected chi connectivity index (χ3v) is 8.41. The van der Waals surface area contributed by atoms with E-state index in [1.807, 2.05) is 5.38 Å². The van der Waals surface area contributed by atoms with E-state index in [1.54, 1.807) is 22.7 Å². The molecule has 2 aliphatic rings. The van der Waals surface area contributed by atoms with Gasteiger partial charge in [0.2, 0.25) is 4.77 Å². The minimum Gasteiger partial charge on any atom is -0.322 e. The zero-order valence-electron chi connectivity index (χ0n) is 15.6. The lowest BCUT2D eigenvalue weighted by Crippen LogP contribution is -2.34. The number of rotatable bonds is 2. The number of carbonyl (C=O) groups excluding carboxylic acids is 1. The first-order valence-electron chi connectivity index (χ1n) is 9.73. The van der Waals surface area contributed by atoms with Crippen molar-refractivity contribution in [3.05, 3.63) is 46.9 Å². The zero-order chi connectivity index (χ0) is 19.4. The van der Waals surface area contributed by atoms with Gasteiger partial charge in [0, 0.05) is 15.1 Å². The minimum atomic E-state index is -0.253. The number of nitrogens with zero attached hydrogens (tertiary/aromatic N) is 1. The molecule has 0 spiro atoms. The van der Waals surface area contributed by atoms with Crippen LogP contribution in [0.15, 0.2) is 10.2 Å². The van der Waals surface area contributed by atoms with Gasteiger partial charge in [-0.2, -0.15) is 4.68 Å². The van der Waals surface area contributed by atoms with Crippen molar-refractivity contribution in [2.75, 3.05) is 5.43 Å². The number of aromatic amines is 1. The maximum atomic E-state index is 13.2. The number of H-pyrrole nitrogens is 1. The van der Waals surface area contributed by atoms with Crippen LogP contribution < -0.4 is 11.0 Å².